The molecule has 1 saturated heterocycles. The van der Waals surface area contributed by atoms with Gasteiger partial charge in [0.25, 0.3) is 0 Å². The van der Waals surface area contributed by atoms with Crippen molar-refractivity contribution >= 4 is 33.4 Å². The second-order valence-electron chi connectivity index (χ2n) is 6.30. The van der Waals surface area contributed by atoms with E-state index in [1.54, 1.807) is 37.1 Å². The van der Waals surface area contributed by atoms with Crippen LogP contribution in [0.2, 0.25) is 0 Å². The van der Waals surface area contributed by atoms with Crippen molar-refractivity contribution < 1.29 is 19.1 Å². The summed E-state index contributed by atoms with van der Waals surface area (Å²) in [5, 5.41) is 12.2. The molecule has 0 unspecified atom stereocenters. The van der Waals surface area contributed by atoms with E-state index in [1.165, 1.54) is 11.3 Å². The molecule has 0 radical (unpaired) electrons. The number of methoxy groups -OCH3 is 2. The van der Waals surface area contributed by atoms with Gasteiger partial charge in [-0.3, -0.25) is 14.5 Å². The number of carbonyl (C=O) groups is 2. The zero-order chi connectivity index (χ0) is 20.1. The summed E-state index contributed by atoms with van der Waals surface area (Å²) in [4.78, 5) is 27.5. The van der Waals surface area contributed by atoms with Crippen LogP contribution < -0.4 is 24.6 Å². The van der Waals surface area contributed by atoms with Gasteiger partial charge in [0.05, 0.1) is 20.8 Å². The summed E-state index contributed by atoms with van der Waals surface area (Å²) in [5.74, 6) is 1.11. The fraction of sp³-hybridized carbons (Fsp3) is 0.444. The quantitative estimate of drug-likeness (QED) is 0.710. The Morgan fingerprint density at radius 1 is 1.32 bits per heavy atom. The molecule has 0 atom stereocenters. The Hall–Kier alpha value is -2.88. The van der Waals surface area contributed by atoms with Crippen LogP contribution >= 0.6 is 11.3 Å². The molecule has 0 spiro atoms. The van der Waals surface area contributed by atoms with Gasteiger partial charge in [-0.2, -0.15) is 0 Å². The fourth-order valence-corrected chi connectivity index (χ4v) is 3.80. The molecule has 1 fully saturated rings. The molecule has 0 aliphatic carbocycles. The van der Waals surface area contributed by atoms with Gasteiger partial charge in [0.2, 0.25) is 22.1 Å². The van der Waals surface area contributed by atoms with E-state index in [-0.39, 0.29) is 18.4 Å². The average Bonchev–Trinajstić information content (AvgIpc) is 3.34. The highest BCUT2D eigenvalue weighted by molar-refractivity contribution is 7.19. The van der Waals surface area contributed by atoms with E-state index in [4.69, 9.17) is 9.47 Å². The predicted octanol–water partition coefficient (Wildman–Crippen LogP) is 1.43. The number of aromatic nitrogens is 2. The summed E-state index contributed by atoms with van der Waals surface area (Å²) in [6.45, 7) is 1.10. The van der Waals surface area contributed by atoms with Crippen molar-refractivity contribution in [3.05, 3.63) is 23.8 Å². The summed E-state index contributed by atoms with van der Waals surface area (Å²) >= 11 is 1.30. The Kier molecular flexibility index (Phi) is 6.30. The van der Waals surface area contributed by atoms with Gasteiger partial charge in [-0.15, -0.1) is 10.2 Å². The lowest BCUT2D eigenvalue weighted by molar-refractivity contribution is -0.120. The van der Waals surface area contributed by atoms with Crippen molar-refractivity contribution in [1.82, 2.24) is 15.5 Å². The first-order chi connectivity index (χ1) is 13.5. The zero-order valence-electron chi connectivity index (χ0n) is 16.1. The van der Waals surface area contributed by atoms with Crippen molar-refractivity contribution in [2.24, 2.45) is 0 Å². The molecule has 28 heavy (non-hydrogen) atoms. The zero-order valence-corrected chi connectivity index (χ0v) is 16.9. The highest BCUT2D eigenvalue weighted by atomic mass is 32.1. The fourth-order valence-electron chi connectivity index (χ4n) is 2.95. The summed E-state index contributed by atoms with van der Waals surface area (Å²) in [5.41, 5.74) is 0.823. The number of likely N-dealkylation sites (N-methyl/N-ethyl adjacent to an activating group) is 1. The van der Waals surface area contributed by atoms with Gasteiger partial charge < -0.3 is 19.7 Å². The van der Waals surface area contributed by atoms with Gasteiger partial charge in [0.1, 0.15) is 0 Å². The average molecular weight is 405 g/mol. The molecule has 0 bridgehead atoms. The van der Waals surface area contributed by atoms with Crippen molar-refractivity contribution in [1.29, 1.82) is 0 Å². The number of para-hydroxylation sites is 1. The van der Waals surface area contributed by atoms with Crippen molar-refractivity contribution in [2.45, 2.75) is 19.4 Å². The molecule has 1 aromatic heterocycles. The number of ether oxygens (including phenoxy) is 2. The van der Waals surface area contributed by atoms with Crippen LogP contribution in [0.3, 0.4) is 0 Å². The van der Waals surface area contributed by atoms with Gasteiger partial charge in [0.15, 0.2) is 11.5 Å². The van der Waals surface area contributed by atoms with Gasteiger partial charge in [-0.25, -0.2) is 0 Å². The predicted molar refractivity (Wildman–Crippen MR) is 106 cm³/mol. The van der Waals surface area contributed by atoms with Crippen LogP contribution in [0.5, 0.6) is 11.5 Å². The number of carbonyl (C=O) groups excluding carboxylic acids is 2. The van der Waals surface area contributed by atoms with Gasteiger partial charge >= 0.3 is 0 Å². The van der Waals surface area contributed by atoms with Crippen LogP contribution in [-0.4, -0.2) is 56.4 Å². The third kappa shape index (κ3) is 4.33. The smallest absolute Gasteiger partial charge is 0.239 e. The highest BCUT2D eigenvalue weighted by Crippen LogP contribution is 2.31. The van der Waals surface area contributed by atoms with Gasteiger partial charge in [0, 0.05) is 32.1 Å². The number of hydrogen-bond donors (Lipinski definition) is 1. The Labute approximate surface area is 167 Å². The van der Waals surface area contributed by atoms with E-state index in [0.717, 1.165) is 12.0 Å². The number of amides is 2. The molecule has 2 aromatic rings. The third-order valence-electron chi connectivity index (χ3n) is 4.38. The molecule has 0 saturated carbocycles. The summed E-state index contributed by atoms with van der Waals surface area (Å²) in [7, 11) is 4.90. The van der Waals surface area contributed by atoms with Gasteiger partial charge in [-0.05, 0) is 12.5 Å². The van der Waals surface area contributed by atoms with E-state index >= 15 is 0 Å². The normalized spacial score (nSPS) is 13.5. The monoisotopic (exact) mass is 405 g/mol. The Morgan fingerprint density at radius 3 is 2.82 bits per heavy atom. The molecule has 10 heteroatoms. The number of nitrogens with one attached hydrogen (secondary N) is 1. The molecule has 3 rings (SSSR count). The van der Waals surface area contributed by atoms with Crippen LogP contribution in [0.15, 0.2) is 18.2 Å². The van der Waals surface area contributed by atoms with E-state index in [0.29, 0.717) is 41.3 Å². The largest absolute Gasteiger partial charge is 0.493 e. The van der Waals surface area contributed by atoms with E-state index in [1.807, 2.05) is 12.1 Å². The second kappa shape index (κ2) is 8.87. The molecule has 1 aliphatic heterocycles. The number of hydrogen-bond acceptors (Lipinski definition) is 8. The lowest BCUT2D eigenvalue weighted by atomic mass is 10.2. The number of benzene rings is 1. The maximum absolute atomic E-state index is 12.3. The van der Waals surface area contributed by atoms with E-state index < -0.39 is 0 Å². The standard InChI is InChI=1S/C18H23N5O4S/c1-22(17-20-21-18(28-17)23-9-5-8-15(23)25)11-14(24)19-10-12-6-4-7-13(26-2)16(12)27-3/h4,6-7H,5,8-11H2,1-3H3,(H,19,24). The minimum atomic E-state index is -0.165. The van der Waals surface area contributed by atoms with Crippen LogP contribution in [0.4, 0.5) is 10.3 Å². The summed E-state index contributed by atoms with van der Waals surface area (Å²) < 4.78 is 10.6. The minimum absolute atomic E-state index is 0.0651. The molecule has 1 aliphatic rings. The lowest BCUT2D eigenvalue weighted by Crippen LogP contribution is -2.34. The third-order valence-corrected chi connectivity index (χ3v) is 5.44. The van der Waals surface area contributed by atoms with Crippen molar-refractivity contribution in [3.8, 4) is 11.5 Å². The van der Waals surface area contributed by atoms with Crippen LogP contribution in [0, 0.1) is 0 Å². The molecule has 1 N–H and O–H groups in total. The second-order valence-corrected chi connectivity index (χ2v) is 7.24. The maximum Gasteiger partial charge on any atom is 0.239 e. The van der Waals surface area contributed by atoms with Crippen LogP contribution in [-0.2, 0) is 16.1 Å². The first kappa shape index (κ1) is 19.9. The van der Waals surface area contributed by atoms with Crippen molar-refractivity contribution in [3.63, 3.8) is 0 Å². The SMILES string of the molecule is COc1cccc(CNC(=O)CN(C)c2nnc(N3CCCC3=O)s2)c1OC. The number of rotatable bonds is 8. The molecular weight excluding hydrogens is 382 g/mol. The van der Waals surface area contributed by atoms with Gasteiger partial charge in [-0.1, -0.05) is 23.5 Å². The molecule has 2 amide bonds. The van der Waals surface area contributed by atoms with E-state index in [2.05, 4.69) is 15.5 Å². The Morgan fingerprint density at radius 2 is 2.14 bits per heavy atom. The lowest BCUT2D eigenvalue weighted by Gasteiger charge is -2.16. The molecule has 9 nitrogen and oxygen atoms in total. The molecule has 1 aromatic carbocycles. The first-order valence-corrected chi connectivity index (χ1v) is 9.66. The number of nitrogens with zero attached hydrogens (tertiary/aromatic N) is 4. The van der Waals surface area contributed by atoms with E-state index in [9.17, 15) is 9.59 Å². The Bertz CT molecular complexity index is 856. The minimum Gasteiger partial charge on any atom is -0.493 e. The van der Waals surface area contributed by atoms with Crippen LogP contribution in [0.25, 0.3) is 0 Å². The molecule has 2 heterocycles. The van der Waals surface area contributed by atoms with Crippen LogP contribution in [0.1, 0.15) is 18.4 Å². The summed E-state index contributed by atoms with van der Waals surface area (Å²) in [6.07, 6.45) is 1.38. The Balaban J connectivity index is 1.57. The number of anilines is 2. The first-order valence-electron chi connectivity index (χ1n) is 8.85. The highest BCUT2D eigenvalue weighted by Gasteiger charge is 2.25. The van der Waals surface area contributed by atoms with Crippen molar-refractivity contribution in [2.75, 3.05) is 44.2 Å². The maximum atomic E-state index is 12.3. The summed E-state index contributed by atoms with van der Waals surface area (Å²) in [6, 6.07) is 5.52. The molecular formula is C18H23N5O4S. The molecule has 150 valence electrons. The topological polar surface area (TPSA) is 96.9 Å².